The van der Waals surface area contributed by atoms with E-state index in [-0.39, 0.29) is 0 Å². The first kappa shape index (κ1) is 15.6. The van der Waals surface area contributed by atoms with Crippen LogP contribution in [0.5, 0.6) is 0 Å². The average Bonchev–Trinajstić information content (AvgIpc) is 3.14. The van der Waals surface area contributed by atoms with Gasteiger partial charge in [-0.2, -0.15) is 0 Å². The second-order valence-corrected chi connectivity index (χ2v) is 6.43. The number of aliphatic imine (C=N–C) groups is 1. The second-order valence-electron chi connectivity index (χ2n) is 5.43. The van der Waals surface area contributed by atoms with E-state index < -0.39 is 0 Å². The zero-order valence-electron chi connectivity index (χ0n) is 13.6. The highest BCUT2D eigenvalue weighted by molar-refractivity contribution is 7.10. The Balaban J connectivity index is 1.61. The van der Waals surface area contributed by atoms with Gasteiger partial charge in [0.25, 0.3) is 0 Å². The van der Waals surface area contributed by atoms with Crippen LogP contribution in [-0.4, -0.2) is 22.4 Å². The number of imidazole rings is 1. The summed E-state index contributed by atoms with van der Waals surface area (Å²) in [5, 5.41) is 8.77. The summed E-state index contributed by atoms with van der Waals surface area (Å²) in [5.74, 6) is 0.784. The minimum atomic E-state index is 0.643. The van der Waals surface area contributed by atoms with Gasteiger partial charge in [0.05, 0.1) is 18.8 Å². The lowest BCUT2D eigenvalue weighted by Gasteiger charge is -2.10. The molecule has 0 saturated heterocycles. The van der Waals surface area contributed by atoms with E-state index in [1.54, 1.807) is 18.4 Å². The Morgan fingerprint density at radius 3 is 2.74 bits per heavy atom. The van der Waals surface area contributed by atoms with E-state index in [1.165, 1.54) is 16.1 Å². The quantitative estimate of drug-likeness (QED) is 0.572. The summed E-state index contributed by atoms with van der Waals surface area (Å²) in [4.78, 5) is 10.2. The number of aryl methyl sites for hydroxylation is 2. The SMILES string of the molecule is CN=C(NCc1cn2c(C)cccc2n1)NCc1sccc1C. The first-order valence-corrected chi connectivity index (χ1v) is 8.46. The molecule has 0 bridgehead atoms. The third-order valence-corrected chi connectivity index (χ3v) is 4.81. The lowest BCUT2D eigenvalue weighted by atomic mass is 10.3. The molecular weight excluding hydrogens is 306 g/mol. The minimum absolute atomic E-state index is 0.643. The average molecular weight is 327 g/mol. The number of hydrogen-bond acceptors (Lipinski definition) is 3. The van der Waals surface area contributed by atoms with Crippen molar-refractivity contribution < 1.29 is 0 Å². The van der Waals surface area contributed by atoms with Gasteiger partial charge in [-0.05, 0) is 43.0 Å². The Hall–Kier alpha value is -2.34. The molecule has 0 atom stereocenters. The number of pyridine rings is 1. The van der Waals surface area contributed by atoms with Crippen LogP contribution in [0, 0.1) is 13.8 Å². The molecule has 0 aliphatic carbocycles. The monoisotopic (exact) mass is 327 g/mol. The molecule has 0 amide bonds. The van der Waals surface area contributed by atoms with Crippen molar-refractivity contribution in [2.45, 2.75) is 26.9 Å². The molecule has 0 radical (unpaired) electrons. The molecule has 0 unspecified atom stereocenters. The molecule has 120 valence electrons. The lowest BCUT2D eigenvalue weighted by Crippen LogP contribution is -2.36. The summed E-state index contributed by atoms with van der Waals surface area (Å²) < 4.78 is 2.10. The number of hydrogen-bond donors (Lipinski definition) is 2. The summed E-state index contributed by atoms with van der Waals surface area (Å²) in [7, 11) is 1.78. The predicted octanol–water partition coefficient (Wildman–Crippen LogP) is 2.88. The fourth-order valence-corrected chi connectivity index (χ4v) is 3.27. The maximum absolute atomic E-state index is 4.62. The van der Waals surface area contributed by atoms with Gasteiger partial charge in [0.2, 0.25) is 0 Å². The second kappa shape index (κ2) is 6.83. The number of nitrogens with one attached hydrogen (secondary N) is 2. The van der Waals surface area contributed by atoms with Crippen molar-refractivity contribution in [2.24, 2.45) is 4.99 Å². The van der Waals surface area contributed by atoms with E-state index in [0.717, 1.165) is 23.8 Å². The molecule has 2 N–H and O–H groups in total. The van der Waals surface area contributed by atoms with Crippen molar-refractivity contribution in [3.63, 3.8) is 0 Å². The Kier molecular flexibility index (Phi) is 4.62. The Labute approximate surface area is 140 Å². The van der Waals surface area contributed by atoms with E-state index in [9.17, 15) is 0 Å². The Morgan fingerprint density at radius 2 is 2.04 bits per heavy atom. The zero-order valence-corrected chi connectivity index (χ0v) is 14.4. The highest BCUT2D eigenvalue weighted by Crippen LogP contribution is 2.14. The van der Waals surface area contributed by atoms with Crippen LogP contribution in [0.25, 0.3) is 5.65 Å². The van der Waals surface area contributed by atoms with Crippen molar-refractivity contribution in [2.75, 3.05) is 7.05 Å². The van der Waals surface area contributed by atoms with E-state index in [4.69, 9.17) is 0 Å². The van der Waals surface area contributed by atoms with Gasteiger partial charge in [-0.15, -0.1) is 11.3 Å². The van der Waals surface area contributed by atoms with Crippen LogP contribution < -0.4 is 10.6 Å². The largest absolute Gasteiger partial charge is 0.352 e. The molecule has 3 heterocycles. The van der Waals surface area contributed by atoms with E-state index >= 15 is 0 Å². The van der Waals surface area contributed by atoms with Gasteiger partial charge in [-0.1, -0.05) is 6.07 Å². The first-order valence-electron chi connectivity index (χ1n) is 7.58. The van der Waals surface area contributed by atoms with Gasteiger partial charge in [0.1, 0.15) is 5.65 Å². The van der Waals surface area contributed by atoms with Crippen molar-refractivity contribution in [1.82, 2.24) is 20.0 Å². The number of aromatic nitrogens is 2. The molecule has 0 aromatic carbocycles. The predicted molar refractivity (Wildman–Crippen MR) is 96.0 cm³/mol. The number of fused-ring (bicyclic) bond motifs is 1. The molecular formula is C17H21N5S. The molecule has 3 aromatic rings. The summed E-state index contributed by atoms with van der Waals surface area (Å²) in [5.41, 5.74) is 4.46. The fourth-order valence-electron chi connectivity index (χ4n) is 2.43. The number of guanidine groups is 1. The Morgan fingerprint density at radius 1 is 1.22 bits per heavy atom. The zero-order chi connectivity index (χ0) is 16.2. The lowest BCUT2D eigenvalue weighted by molar-refractivity contribution is 0.802. The maximum atomic E-state index is 4.62. The van der Waals surface area contributed by atoms with Crippen molar-refractivity contribution in [3.8, 4) is 0 Å². The van der Waals surface area contributed by atoms with Gasteiger partial charge in [-0.3, -0.25) is 4.99 Å². The first-order chi connectivity index (χ1) is 11.2. The molecule has 3 aromatic heterocycles. The van der Waals surface area contributed by atoms with Crippen LogP contribution >= 0.6 is 11.3 Å². The molecule has 23 heavy (non-hydrogen) atoms. The van der Waals surface area contributed by atoms with Crippen LogP contribution in [-0.2, 0) is 13.1 Å². The highest BCUT2D eigenvalue weighted by Gasteiger charge is 2.05. The van der Waals surface area contributed by atoms with Crippen LogP contribution in [0.1, 0.15) is 21.8 Å². The summed E-state index contributed by atoms with van der Waals surface area (Å²) >= 11 is 1.76. The number of thiophene rings is 1. The topological polar surface area (TPSA) is 53.7 Å². The van der Waals surface area contributed by atoms with Crippen LogP contribution in [0.4, 0.5) is 0 Å². The Bertz CT molecular complexity index is 830. The minimum Gasteiger partial charge on any atom is -0.352 e. The molecule has 0 spiro atoms. The van der Waals surface area contributed by atoms with Crippen LogP contribution in [0.15, 0.2) is 40.8 Å². The van der Waals surface area contributed by atoms with Crippen molar-refractivity contribution in [3.05, 3.63) is 57.7 Å². The normalized spacial score (nSPS) is 11.9. The molecule has 0 aliphatic rings. The third kappa shape index (κ3) is 3.53. The van der Waals surface area contributed by atoms with Gasteiger partial charge in [0, 0.05) is 23.8 Å². The maximum Gasteiger partial charge on any atom is 0.191 e. The summed E-state index contributed by atoms with van der Waals surface area (Å²) in [6.07, 6.45) is 2.06. The molecule has 6 heteroatoms. The van der Waals surface area contributed by atoms with E-state index in [1.807, 2.05) is 12.1 Å². The fraction of sp³-hybridized carbons (Fsp3) is 0.294. The van der Waals surface area contributed by atoms with Crippen molar-refractivity contribution >= 4 is 22.9 Å². The summed E-state index contributed by atoms with van der Waals surface area (Å²) in [6.45, 7) is 5.64. The molecule has 3 rings (SSSR count). The number of nitrogens with zero attached hydrogens (tertiary/aromatic N) is 3. The van der Waals surface area contributed by atoms with Crippen LogP contribution in [0.3, 0.4) is 0 Å². The van der Waals surface area contributed by atoms with E-state index in [2.05, 4.69) is 62.6 Å². The third-order valence-electron chi connectivity index (χ3n) is 3.79. The van der Waals surface area contributed by atoms with Crippen LogP contribution in [0.2, 0.25) is 0 Å². The van der Waals surface area contributed by atoms with Crippen molar-refractivity contribution in [1.29, 1.82) is 0 Å². The van der Waals surface area contributed by atoms with Gasteiger partial charge in [-0.25, -0.2) is 4.98 Å². The van der Waals surface area contributed by atoms with Gasteiger partial charge >= 0.3 is 0 Å². The molecule has 0 fully saturated rings. The highest BCUT2D eigenvalue weighted by atomic mass is 32.1. The van der Waals surface area contributed by atoms with Gasteiger partial charge in [0.15, 0.2) is 5.96 Å². The smallest absolute Gasteiger partial charge is 0.191 e. The molecule has 5 nitrogen and oxygen atoms in total. The standard InChI is InChI=1S/C17H21N5S/c1-12-7-8-23-15(12)10-20-17(18-3)19-9-14-11-22-13(2)5-4-6-16(22)21-14/h4-8,11H,9-10H2,1-3H3,(H2,18,19,20). The molecule has 0 saturated carbocycles. The molecule has 0 aliphatic heterocycles. The van der Waals surface area contributed by atoms with Gasteiger partial charge < -0.3 is 15.0 Å². The summed E-state index contributed by atoms with van der Waals surface area (Å²) in [6, 6.07) is 8.26. The number of rotatable bonds is 4. The van der Waals surface area contributed by atoms with E-state index in [0.29, 0.717) is 6.54 Å².